The van der Waals surface area contributed by atoms with E-state index >= 15 is 4.39 Å². The highest BCUT2D eigenvalue weighted by molar-refractivity contribution is 6.24. The Morgan fingerprint density at radius 1 is 0.902 bits per heavy atom. The Balaban J connectivity index is 1.10. The highest BCUT2D eigenvalue weighted by Gasteiger charge is 2.47. The summed E-state index contributed by atoms with van der Waals surface area (Å²) < 4.78 is 15.1. The number of rotatable bonds is 6. The number of piperidine rings is 1. The van der Waals surface area contributed by atoms with Crippen LogP contribution < -0.4 is 0 Å². The average Bonchev–Trinajstić information content (AvgIpc) is 3.38. The Labute approximate surface area is 238 Å². The second-order valence-corrected chi connectivity index (χ2v) is 12.0. The minimum Gasteiger partial charge on any atom is -0.345 e. The first-order valence-corrected chi connectivity index (χ1v) is 14.5. The predicted octanol–water partition coefficient (Wildman–Crippen LogP) is 3.34. The number of likely N-dealkylation sites (tertiary alicyclic amines) is 2. The van der Waals surface area contributed by atoms with Crippen LogP contribution in [-0.4, -0.2) is 76.7 Å². The molecule has 8 nitrogen and oxygen atoms in total. The number of Topliss-reactive ketones (excluding diaryl/α,β-unsaturated/α-hetero) is 2. The molecule has 3 fully saturated rings. The molecule has 1 spiro atoms. The van der Waals surface area contributed by atoms with Gasteiger partial charge in [-0.15, -0.1) is 0 Å². The zero-order valence-corrected chi connectivity index (χ0v) is 23.3. The molecule has 41 heavy (non-hydrogen) atoms. The van der Waals surface area contributed by atoms with Crippen LogP contribution in [0.15, 0.2) is 36.4 Å². The maximum Gasteiger partial charge on any atom is 0.262 e. The molecule has 0 radical (unpaired) electrons. The first kappa shape index (κ1) is 27.4. The molecule has 2 saturated heterocycles. The van der Waals surface area contributed by atoms with Crippen molar-refractivity contribution in [3.8, 4) is 0 Å². The van der Waals surface area contributed by atoms with Crippen molar-refractivity contribution in [3.05, 3.63) is 70.0 Å². The number of aryl methyl sites for hydroxylation is 2. The van der Waals surface area contributed by atoms with Crippen molar-refractivity contribution < 1.29 is 28.4 Å². The summed E-state index contributed by atoms with van der Waals surface area (Å²) >= 11 is 0. The Bertz CT molecular complexity index is 1460. The SMILES string of the molecule is CN1CCC2(CCN(Cc3ccc(CCc4cccc5c4C(=O)N(C4CCC(=O)CC4=O)C5=O)cc3F)CC2)C1=O. The number of nitrogens with zero attached hydrogens (tertiary/aromatic N) is 3. The summed E-state index contributed by atoms with van der Waals surface area (Å²) in [5.41, 5.74) is 2.42. The molecular weight excluding hydrogens is 525 g/mol. The molecule has 1 unspecified atom stereocenters. The molecule has 214 valence electrons. The van der Waals surface area contributed by atoms with Crippen LogP contribution in [0.3, 0.4) is 0 Å². The Morgan fingerprint density at radius 3 is 2.34 bits per heavy atom. The van der Waals surface area contributed by atoms with Gasteiger partial charge in [-0.2, -0.15) is 0 Å². The molecule has 2 aromatic carbocycles. The van der Waals surface area contributed by atoms with E-state index in [0.29, 0.717) is 36.1 Å². The molecule has 3 heterocycles. The molecular formula is C32H34FN3O5. The van der Waals surface area contributed by atoms with E-state index in [4.69, 9.17) is 0 Å². The fraction of sp³-hybridized carbons (Fsp3) is 0.469. The van der Waals surface area contributed by atoms with Crippen LogP contribution in [0.5, 0.6) is 0 Å². The van der Waals surface area contributed by atoms with Gasteiger partial charge in [0.15, 0.2) is 5.78 Å². The van der Waals surface area contributed by atoms with Crippen molar-refractivity contribution in [3.63, 3.8) is 0 Å². The van der Waals surface area contributed by atoms with E-state index in [9.17, 15) is 24.0 Å². The van der Waals surface area contributed by atoms with E-state index in [-0.39, 0.29) is 47.7 Å². The molecule has 0 aromatic heterocycles. The van der Waals surface area contributed by atoms with Crippen LogP contribution in [0.2, 0.25) is 0 Å². The lowest BCUT2D eigenvalue weighted by molar-refractivity contribution is -0.137. The van der Waals surface area contributed by atoms with E-state index < -0.39 is 23.6 Å². The fourth-order valence-electron chi connectivity index (χ4n) is 6.99. The minimum absolute atomic E-state index is 0.165. The van der Waals surface area contributed by atoms with Crippen LogP contribution in [0.25, 0.3) is 0 Å². The van der Waals surface area contributed by atoms with Gasteiger partial charge in [-0.3, -0.25) is 33.8 Å². The van der Waals surface area contributed by atoms with Crippen LogP contribution in [0, 0.1) is 11.2 Å². The van der Waals surface area contributed by atoms with E-state index in [0.717, 1.165) is 49.4 Å². The van der Waals surface area contributed by atoms with Gasteiger partial charge in [-0.05, 0) is 74.9 Å². The van der Waals surface area contributed by atoms with E-state index in [1.54, 1.807) is 18.2 Å². The highest BCUT2D eigenvalue weighted by atomic mass is 19.1. The van der Waals surface area contributed by atoms with Crippen molar-refractivity contribution >= 4 is 29.3 Å². The second kappa shape index (κ2) is 10.6. The van der Waals surface area contributed by atoms with Crippen molar-refractivity contribution in [1.29, 1.82) is 0 Å². The smallest absolute Gasteiger partial charge is 0.262 e. The minimum atomic E-state index is -0.903. The monoisotopic (exact) mass is 559 g/mol. The number of carbonyl (C=O) groups is 5. The third-order valence-corrected chi connectivity index (χ3v) is 9.52. The number of imide groups is 1. The van der Waals surface area contributed by atoms with E-state index in [1.807, 2.05) is 24.1 Å². The molecule has 1 atom stereocenters. The lowest BCUT2D eigenvalue weighted by Crippen LogP contribution is -2.47. The van der Waals surface area contributed by atoms with Gasteiger partial charge in [0.1, 0.15) is 11.6 Å². The molecule has 9 heteroatoms. The fourth-order valence-corrected chi connectivity index (χ4v) is 6.99. The number of benzene rings is 2. The lowest BCUT2D eigenvalue weighted by Gasteiger charge is -2.37. The third kappa shape index (κ3) is 4.90. The topological polar surface area (TPSA) is 95.1 Å². The molecule has 1 saturated carbocycles. The van der Waals surface area contributed by atoms with Crippen LogP contribution in [0.1, 0.15) is 75.9 Å². The van der Waals surface area contributed by atoms with Crippen molar-refractivity contribution in [2.45, 2.75) is 64.0 Å². The normalized spacial score (nSPS) is 22.8. The first-order valence-electron chi connectivity index (χ1n) is 14.5. The summed E-state index contributed by atoms with van der Waals surface area (Å²) in [6.45, 7) is 2.85. The number of hydrogen-bond donors (Lipinski definition) is 0. The number of hydrogen-bond acceptors (Lipinski definition) is 6. The number of ketones is 2. The van der Waals surface area contributed by atoms with Gasteiger partial charge in [-0.1, -0.05) is 24.3 Å². The molecule has 3 amide bonds. The summed E-state index contributed by atoms with van der Waals surface area (Å²) in [4.78, 5) is 68.2. The molecule has 0 bridgehead atoms. The highest BCUT2D eigenvalue weighted by Crippen LogP contribution is 2.41. The van der Waals surface area contributed by atoms with Crippen LogP contribution in [0.4, 0.5) is 4.39 Å². The van der Waals surface area contributed by atoms with Crippen molar-refractivity contribution in [2.75, 3.05) is 26.7 Å². The summed E-state index contributed by atoms with van der Waals surface area (Å²) in [5, 5.41) is 0. The average molecular weight is 560 g/mol. The maximum absolute atomic E-state index is 15.1. The molecule has 4 aliphatic rings. The van der Waals surface area contributed by atoms with Gasteiger partial charge >= 0.3 is 0 Å². The van der Waals surface area contributed by atoms with Gasteiger partial charge < -0.3 is 4.90 Å². The summed E-state index contributed by atoms with van der Waals surface area (Å²) in [7, 11) is 1.86. The number of fused-ring (bicyclic) bond motifs is 1. The van der Waals surface area contributed by atoms with Crippen molar-refractivity contribution in [2.24, 2.45) is 5.41 Å². The second-order valence-electron chi connectivity index (χ2n) is 12.0. The standard InChI is InChI=1S/C32H34FN3O5/c1-34-14-11-32(31(34)41)12-15-35(16-13-32)19-22-8-6-20(17-25(22)33)5-7-21-3-2-4-24-28(21)30(40)36(29(24)39)26-10-9-23(37)18-27(26)38/h2-4,6,8,17,26H,5,7,9-16,18-19H2,1H3. The predicted molar refractivity (Wildman–Crippen MR) is 148 cm³/mol. The zero-order chi connectivity index (χ0) is 28.9. The summed E-state index contributed by atoms with van der Waals surface area (Å²) in [6.07, 6.45) is 3.53. The quantitative estimate of drug-likeness (QED) is 0.398. The van der Waals surface area contributed by atoms with Crippen LogP contribution in [-0.2, 0) is 33.8 Å². The largest absolute Gasteiger partial charge is 0.345 e. The maximum atomic E-state index is 15.1. The van der Waals surface area contributed by atoms with E-state index in [1.165, 1.54) is 6.07 Å². The summed E-state index contributed by atoms with van der Waals surface area (Å²) in [5.74, 6) is -1.58. The number of carbonyl (C=O) groups excluding carboxylic acids is 5. The first-order chi connectivity index (χ1) is 19.7. The molecule has 0 N–H and O–H groups in total. The Morgan fingerprint density at radius 2 is 1.66 bits per heavy atom. The van der Waals surface area contributed by atoms with Crippen LogP contribution >= 0.6 is 0 Å². The van der Waals surface area contributed by atoms with Gasteiger partial charge in [0.2, 0.25) is 5.91 Å². The van der Waals surface area contributed by atoms with E-state index in [2.05, 4.69) is 4.90 Å². The Kier molecular flexibility index (Phi) is 7.09. The Hall–Kier alpha value is -3.72. The lowest BCUT2D eigenvalue weighted by atomic mass is 9.77. The third-order valence-electron chi connectivity index (χ3n) is 9.52. The van der Waals surface area contributed by atoms with Gasteiger partial charge in [-0.25, -0.2) is 4.39 Å². The molecule has 6 rings (SSSR count). The number of halogens is 1. The molecule has 3 aliphatic heterocycles. The van der Waals surface area contributed by atoms with Gasteiger partial charge in [0, 0.05) is 32.1 Å². The summed E-state index contributed by atoms with van der Waals surface area (Å²) in [6, 6.07) is 9.45. The zero-order valence-electron chi connectivity index (χ0n) is 23.3. The number of amides is 3. The van der Waals surface area contributed by atoms with Gasteiger partial charge in [0.05, 0.1) is 29.0 Å². The van der Waals surface area contributed by atoms with Gasteiger partial charge in [0.25, 0.3) is 11.8 Å². The molecule has 1 aliphatic carbocycles. The molecule has 2 aromatic rings. The van der Waals surface area contributed by atoms with Crippen molar-refractivity contribution in [1.82, 2.24) is 14.7 Å².